The van der Waals surface area contributed by atoms with Gasteiger partial charge in [-0.15, -0.1) is 0 Å². The van der Waals surface area contributed by atoms with Gasteiger partial charge in [-0.1, -0.05) is 11.2 Å². The number of nitrogens with zero attached hydrogens (tertiary/aromatic N) is 2. The number of benzene rings is 1. The van der Waals surface area contributed by atoms with E-state index < -0.39 is 0 Å². The zero-order chi connectivity index (χ0) is 15.9. The molecule has 0 amide bonds. The maximum Gasteiger partial charge on any atom is 0.147 e. The smallest absolute Gasteiger partial charge is 0.147 e. The molecule has 0 spiro atoms. The fourth-order valence-corrected chi connectivity index (χ4v) is 2.27. The van der Waals surface area contributed by atoms with Crippen molar-refractivity contribution < 1.29 is 9.57 Å². The van der Waals surface area contributed by atoms with E-state index >= 15 is 0 Å². The van der Waals surface area contributed by atoms with E-state index in [0.717, 1.165) is 34.0 Å². The number of oxime groups is 1. The number of pyridine rings is 1. The van der Waals surface area contributed by atoms with Crippen molar-refractivity contribution >= 4 is 11.9 Å². The Morgan fingerprint density at radius 3 is 2.77 bits per heavy atom. The van der Waals surface area contributed by atoms with Crippen molar-refractivity contribution in [2.24, 2.45) is 5.16 Å². The van der Waals surface area contributed by atoms with Crippen LogP contribution in [0.2, 0.25) is 0 Å². The number of aromatic nitrogens is 1. The zero-order valence-electron chi connectivity index (χ0n) is 13.4. The number of hydrogen-bond acceptors (Lipinski definition) is 5. The molecular weight excluding hydrogens is 278 g/mol. The topological polar surface area (TPSA) is 55.7 Å². The fourth-order valence-electron chi connectivity index (χ4n) is 2.27. The van der Waals surface area contributed by atoms with Crippen LogP contribution in [0, 0.1) is 13.8 Å². The maximum absolute atomic E-state index is 5.40. The Kier molecular flexibility index (Phi) is 5.36. The van der Waals surface area contributed by atoms with E-state index in [4.69, 9.17) is 9.57 Å². The van der Waals surface area contributed by atoms with Crippen molar-refractivity contribution in [1.29, 1.82) is 0 Å². The van der Waals surface area contributed by atoms with Crippen molar-refractivity contribution in [3.05, 3.63) is 52.8 Å². The molecule has 5 heteroatoms. The van der Waals surface area contributed by atoms with Gasteiger partial charge in [-0.25, -0.2) is 0 Å². The zero-order valence-corrected chi connectivity index (χ0v) is 13.4. The van der Waals surface area contributed by atoms with Gasteiger partial charge in [0.05, 0.1) is 24.6 Å². The van der Waals surface area contributed by atoms with E-state index in [1.165, 1.54) is 0 Å². The Morgan fingerprint density at radius 2 is 2.09 bits per heavy atom. The van der Waals surface area contributed by atoms with Crippen molar-refractivity contribution in [2.75, 3.05) is 19.5 Å². The summed E-state index contributed by atoms with van der Waals surface area (Å²) in [5, 5.41) is 7.12. The number of nitrogens with one attached hydrogen (secondary N) is 1. The predicted octanol–water partition coefficient (Wildman–Crippen LogP) is 3.30. The lowest BCUT2D eigenvalue weighted by molar-refractivity contribution is 0.130. The minimum absolute atomic E-state index is 0.321. The molecule has 1 aromatic carbocycles. The van der Waals surface area contributed by atoms with Crippen LogP contribution in [0.25, 0.3) is 0 Å². The summed E-state index contributed by atoms with van der Waals surface area (Å²) in [5.41, 5.74) is 4.78. The average Bonchev–Trinajstić information content (AvgIpc) is 2.50. The molecule has 0 aliphatic heterocycles. The minimum atomic E-state index is 0.321. The Bertz CT molecular complexity index is 626. The molecule has 0 radical (unpaired) electrons. The van der Waals surface area contributed by atoms with Crippen LogP contribution in [0.15, 0.2) is 35.5 Å². The molecule has 1 heterocycles. The molecule has 1 aromatic heterocycles. The summed E-state index contributed by atoms with van der Waals surface area (Å²) in [6.45, 7) is 4.31. The molecule has 2 rings (SSSR count). The van der Waals surface area contributed by atoms with Crippen LogP contribution < -0.4 is 10.1 Å². The van der Waals surface area contributed by atoms with Gasteiger partial charge in [0.25, 0.3) is 0 Å². The third-order valence-electron chi connectivity index (χ3n) is 3.21. The molecule has 2 aromatic rings. The summed E-state index contributed by atoms with van der Waals surface area (Å²) in [6, 6.07) is 9.77. The van der Waals surface area contributed by atoms with Gasteiger partial charge in [-0.2, -0.15) is 0 Å². The standard InChI is InChI=1S/C17H21N3O2/c1-12-8-13(2)20-14(9-12)10-19-22-11-15-16(18-3)6-5-7-17(15)21-4/h5-10,18H,11H2,1-4H3/b19-10+. The molecule has 0 saturated heterocycles. The first-order valence-electron chi connectivity index (χ1n) is 7.08. The molecule has 0 fully saturated rings. The summed E-state index contributed by atoms with van der Waals surface area (Å²) in [7, 11) is 3.50. The molecule has 116 valence electrons. The normalized spacial score (nSPS) is 10.7. The first kappa shape index (κ1) is 15.8. The van der Waals surface area contributed by atoms with Crippen LogP contribution in [-0.4, -0.2) is 25.4 Å². The SMILES string of the molecule is CNc1cccc(OC)c1CO/N=C/c1cc(C)cc(C)n1. The molecule has 0 atom stereocenters. The van der Waals surface area contributed by atoms with E-state index in [1.54, 1.807) is 13.3 Å². The maximum atomic E-state index is 5.40. The minimum Gasteiger partial charge on any atom is -0.496 e. The quantitative estimate of drug-likeness (QED) is 0.657. The second kappa shape index (κ2) is 7.45. The van der Waals surface area contributed by atoms with Crippen LogP contribution in [0.5, 0.6) is 5.75 Å². The van der Waals surface area contributed by atoms with Gasteiger partial charge in [0.2, 0.25) is 0 Å². The van der Waals surface area contributed by atoms with Gasteiger partial charge < -0.3 is 14.9 Å². The monoisotopic (exact) mass is 299 g/mol. The van der Waals surface area contributed by atoms with Gasteiger partial charge >= 0.3 is 0 Å². The molecule has 0 bridgehead atoms. The predicted molar refractivity (Wildman–Crippen MR) is 88.6 cm³/mol. The highest BCUT2D eigenvalue weighted by Crippen LogP contribution is 2.26. The number of hydrogen-bond donors (Lipinski definition) is 1. The molecule has 5 nitrogen and oxygen atoms in total. The van der Waals surface area contributed by atoms with E-state index in [9.17, 15) is 0 Å². The van der Waals surface area contributed by atoms with Crippen LogP contribution in [-0.2, 0) is 11.4 Å². The number of ether oxygens (including phenoxy) is 1. The summed E-state index contributed by atoms with van der Waals surface area (Å²) in [6.07, 6.45) is 1.62. The molecule has 0 aliphatic rings. The number of methoxy groups -OCH3 is 1. The van der Waals surface area contributed by atoms with Gasteiger partial charge in [-0.05, 0) is 43.7 Å². The van der Waals surface area contributed by atoms with Crippen LogP contribution >= 0.6 is 0 Å². The summed E-state index contributed by atoms with van der Waals surface area (Å²) < 4.78 is 5.35. The van der Waals surface area contributed by atoms with Gasteiger partial charge in [0, 0.05) is 18.4 Å². The third kappa shape index (κ3) is 3.97. The summed E-state index contributed by atoms with van der Waals surface area (Å²) in [5.74, 6) is 0.770. The summed E-state index contributed by atoms with van der Waals surface area (Å²) >= 11 is 0. The number of aryl methyl sites for hydroxylation is 2. The fraction of sp³-hybridized carbons (Fsp3) is 0.294. The second-order valence-corrected chi connectivity index (χ2v) is 4.96. The van der Waals surface area contributed by atoms with Crippen molar-refractivity contribution in [3.8, 4) is 5.75 Å². The van der Waals surface area contributed by atoms with E-state index in [1.807, 2.05) is 51.2 Å². The lowest BCUT2D eigenvalue weighted by Crippen LogP contribution is -2.00. The third-order valence-corrected chi connectivity index (χ3v) is 3.21. The summed E-state index contributed by atoms with van der Waals surface area (Å²) in [4.78, 5) is 9.78. The molecule has 0 aliphatic carbocycles. The molecule has 22 heavy (non-hydrogen) atoms. The number of anilines is 1. The highest BCUT2D eigenvalue weighted by Gasteiger charge is 2.08. The van der Waals surface area contributed by atoms with Crippen molar-refractivity contribution in [1.82, 2.24) is 4.98 Å². The Labute approximate surface area is 131 Å². The van der Waals surface area contributed by atoms with Gasteiger partial charge in [0.15, 0.2) is 0 Å². The van der Waals surface area contributed by atoms with Gasteiger partial charge in [-0.3, -0.25) is 4.98 Å². The van der Waals surface area contributed by atoms with Crippen LogP contribution in [0.3, 0.4) is 0 Å². The number of rotatable bonds is 6. The van der Waals surface area contributed by atoms with Crippen LogP contribution in [0.1, 0.15) is 22.5 Å². The first-order chi connectivity index (χ1) is 10.6. The lowest BCUT2D eigenvalue weighted by atomic mass is 10.1. The molecular formula is C17H21N3O2. The van der Waals surface area contributed by atoms with E-state index in [-0.39, 0.29) is 0 Å². The first-order valence-corrected chi connectivity index (χ1v) is 7.08. The molecule has 0 unspecified atom stereocenters. The largest absolute Gasteiger partial charge is 0.496 e. The second-order valence-electron chi connectivity index (χ2n) is 4.96. The van der Waals surface area contributed by atoms with E-state index in [2.05, 4.69) is 15.5 Å². The Balaban J connectivity index is 2.06. The average molecular weight is 299 g/mol. The highest BCUT2D eigenvalue weighted by molar-refractivity contribution is 5.76. The van der Waals surface area contributed by atoms with Crippen LogP contribution in [0.4, 0.5) is 5.69 Å². The van der Waals surface area contributed by atoms with E-state index in [0.29, 0.717) is 6.61 Å². The molecule has 1 N–H and O–H groups in total. The van der Waals surface area contributed by atoms with Crippen molar-refractivity contribution in [3.63, 3.8) is 0 Å². The Hall–Kier alpha value is -2.56. The lowest BCUT2D eigenvalue weighted by Gasteiger charge is -2.12. The van der Waals surface area contributed by atoms with Gasteiger partial charge in [0.1, 0.15) is 12.4 Å². The highest BCUT2D eigenvalue weighted by atomic mass is 16.6. The van der Waals surface area contributed by atoms with Crippen molar-refractivity contribution in [2.45, 2.75) is 20.5 Å². The Morgan fingerprint density at radius 1 is 1.27 bits per heavy atom. The molecule has 0 saturated carbocycles.